The van der Waals surface area contributed by atoms with E-state index in [0.717, 1.165) is 17.9 Å². The molecule has 2 aromatic heterocycles. The number of hydrogen-bond donors (Lipinski definition) is 1. The third kappa shape index (κ3) is 4.87. The van der Waals surface area contributed by atoms with Gasteiger partial charge < -0.3 is 9.64 Å². The third-order valence-electron chi connectivity index (χ3n) is 3.96. The van der Waals surface area contributed by atoms with Crippen molar-refractivity contribution >= 4 is 39.0 Å². The van der Waals surface area contributed by atoms with Crippen LogP contribution in [0.5, 0.6) is 5.88 Å². The number of benzene rings is 1. The van der Waals surface area contributed by atoms with E-state index in [1.807, 2.05) is 49.5 Å². The van der Waals surface area contributed by atoms with Crippen molar-refractivity contribution in [3.05, 3.63) is 74.1 Å². The lowest BCUT2D eigenvalue weighted by molar-refractivity contribution is 0.296. The molecule has 0 unspecified atom stereocenters. The maximum atomic E-state index is 12.0. The molecule has 1 N–H and O–H groups in total. The zero-order valence-electron chi connectivity index (χ0n) is 14.7. The number of rotatable bonds is 7. The molecule has 3 aromatic rings. The van der Waals surface area contributed by atoms with E-state index >= 15 is 0 Å². The number of nitrogens with one attached hydrogen (secondary N) is 1. The third-order valence-corrected chi connectivity index (χ3v) is 4.95. The second-order valence-corrected chi connectivity index (χ2v) is 7.08. The molecular weight excluding hydrogens is 432 g/mol. The highest BCUT2D eigenvalue weighted by molar-refractivity contribution is 9.10. The van der Waals surface area contributed by atoms with E-state index in [1.165, 1.54) is 5.56 Å². The van der Waals surface area contributed by atoms with Crippen LogP contribution in [0.1, 0.15) is 12.0 Å². The van der Waals surface area contributed by atoms with Crippen LogP contribution >= 0.6 is 27.5 Å². The van der Waals surface area contributed by atoms with E-state index < -0.39 is 0 Å². The van der Waals surface area contributed by atoms with Gasteiger partial charge in [-0.2, -0.15) is 0 Å². The molecule has 0 spiro atoms. The molecule has 0 atom stereocenters. The largest absolute Gasteiger partial charge is 0.475 e. The molecule has 140 valence electrons. The number of aryl methyl sites for hydroxylation is 1. The van der Waals surface area contributed by atoms with E-state index in [0.29, 0.717) is 28.5 Å². The molecule has 0 bridgehead atoms. The van der Waals surface area contributed by atoms with Crippen LogP contribution in [-0.2, 0) is 6.42 Å². The fraction of sp³-hybridized carbons (Fsp3) is 0.211. The lowest BCUT2D eigenvalue weighted by Crippen LogP contribution is -2.20. The number of pyridine rings is 1. The number of aromatic nitrogens is 3. The van der Waals surface area contributed by atoms with Gasteiger partial charge in [0.05, 0.1) is 6.61 Å². The van der Waals surface area contributed by atoms with Crippen molar-refractivity contribution in [2.75, 3.05) is 18.6 Å². The van der Waals surface area contributed by atoms with Crippen LogP contribution in [0.3, 0.4) is 0 Å². The van der Waals surface area contributed by atoms with Crippen LogP contribution in [0, 0.1) is 0 Å². The fourth-order valence-electron chi connectivity index (χ4n) is 2.56. The van der Waals surface area contributed by atoms with Crippen molar-refractivity contribution < 1.29 is 4.74 Å². The van der Waals surface area contributed by atoms with E-state index in [1.54, 1.807) is 11.1 Å². The quantitative estimate of drug-likeness (QED) is 0.543. The molecule has 3 rings (SSSR count). The Balaban J connectivity index is 1.72. The predicted octanol–water partition coefficient (Wildman–Crippen LogP) is 4.36. The SMILES string of the molecule is CN(c1ccccn1)c1c(OCCCc2ccc(Cl)cc2)n[nH]c(=O)c1Br. The van der Waals surface area contributed by atoms with Crippen LogP contribution in [0.25, 0.3) is 0 Å². The summed E-state index contributed by atoms with van der Waals surface area (Å²) in [5.74, 6) is 1.02. The number of halogens is 2. The number of H-pyrrole nitrogens is 1. The van der Waals surface area contributed by atoms with Gasteiger partial charge in [-0.05, 0) is 58.6 Å². The highest BCUT2D eigenvalue weighted by atomic mass is 79.9. The monoisotopic (exact) mass is 448 g/mol. The van der Waals surface area contributed by atoms with Gasteiger partial charge in [0.25, 0.3) is 11.4 Å². The smallest absolute Gasteiger partial charge is 0.280 e. The van der Waals surface area contributed by atoms with Crippen LogP contribution in [0.15, 0.2) is 57.9 Å². The van der Waals surface area contributed by atoms with E-state index in [4.69, 9.17) is 16.3 Å². The lowest BCUT2D eigenvalue weighted by Gasteiger charge is -2.21. The normalized spacial score (nSPS) is 10.6. The molecule has 0 amide bonds. The summed E-state index contributed by atoms with van der Waals surface area (Å²) in [7, 11) is 1.81. The molecule has 6 nitrogen and oxygen atoms in total. The zero-order chi connectivity index (χ0) is 19.2. The summed E-state index contributed by atoms with van der Waals surface area (Å²) in [6, 6.07) is 13.3. The summed E-state index contributed by atoms with van der Waals surface area (Å²) in [5.41, 5.74) is 1.38. The van der Waals surface area contributed by atoms with Gasteiger partial charge in [0.15, 0.2) is 0 Å². The first-order chi connectivity index (χ1) is 13.1. The average Bonchev–Trinajstić information content (AvgIpc) is 2.69. The van der Waals surface area contributed by atoms with Crippen molar-refractivity contribution in [2.45, 2.75) is 12.8 Å². The van der Waals surface area contributed by atoms with Crippen molar-refractivity contribution in [1.29, 1.82) is 0 Å². The van der Waals surface area contributed by atoms with Gasteiger partial charge in [-0.25, -0.2) is 10.1 Å². The first-order valence-corrected chi connectivity index (χ1v) is 9.53. The van der Waals surface area contributed by atoms with Gasteiger partial charge in [-0.3, -0.25) is 4.79 Å². The summed E-state index contributed by atoms with van der Waals surface area (Å²) in [4.78, 5) is 18.1. The maximum absolute atomic E-state index is 12.0. The Hall–Kier alpha value is -2.38. The van der Waals surface area contributed by atoms with Crippen molar-refractivity contribution in [3.63, 3.8) is 0 Å². The van der Waals surface area contributed by atoms with E-state index in [-0.39, 0.29) is 5.56 Å². The number of aromatic amines is 1. The zero-order valence-corrected chi connectivity index (χ0v) is 17.0. The molecule has 0 aliphatic rings. The Labute approximate surface area is 170 Å². The summed E-state index contributed by atoms with van der Waals surface area (Å²) >= 11 is 9.24. The Morgan fingerprint density at radius 1 is 1.22 bits per heavy atom. The summed E-state index contributed by atoms with van der Waals surface area (Å²) in [6.07, 6.45) is 3.34. The highest BCUT2D eigenvalue weighted by Gasteiger charge is 2.19. The van der Waals surface area contributed by atoms with Crippen molar-refractivity contribution in [1.82, 2.24) is 15.2 Å². The van der Waals surface area contributed by atoms with Crippen LogP contribution in [0.4, 0.5) is 11.5 Å². The minimum absolute atomic E-state index is 0.332. The topological polar surface area (TPSA) is 71.1 Å². The second-order valence-electron chi connectivity index (χ2n) is 5.85. The first-order valence-electron chi connectivity index (χ1n) is 8.36. The first kappa shape index (κ1) is 19.4. The lowest BCUT2D eigenvalue weighted by atomic mass is 10.1. The van der Waals surface area contributed by atoms with Gasteiger partial charge in [-0.1, -0.05) is 29.8 Å². The number of nitrogens with zero attached hydrogens (tertiary/aromatic N) is 3. The molecule has 0 fully saturated rings. The van der Waals surface area contributed by atoms with Crippen molar-refractivity contribution in [3.8, 4) is 5.88 Å². The Kier molecular flexibility index (Phi) is 6.47. The number of anilines is 2. The average molecular weight is 450 g/mol. The Morgan fingerprint density at radius 2 is 2.00 bits per heavy atom. The molecule has 0 saturated heterocycles. The second kappa shape index (κ2) is 9.01. The Morgan fingerprint density at radius 3 is 2.70 bits per heavy atom. The predicted molar refractivity (Wildman–Crippen MR) is 110 cm³/mol. The van der Waals surface area contributed by atoms with Gasteiger partial charge >= 0.3 is 0 Å². The highest BCUT2D eigenvalue weighted by Crippen LogP contribution is 2.34. The summed E-state index contributed by atoms with van der Waals surface area (Å²) in [5, 5.41) is 7.23. The summed E-state index contributed by atoms with van der Waals surface area (Å²) < 4.78 is 6.20. The molecule has 1 aromatic carbocycles. The number of hydrogen-bond acceptors (Lipinski definition) is 5. The van der Waals surface area contributed by atoms with Crippen LogP contribution in [0.2, 0.25) is 5.02 Å². The number of ether oxygens (including phenoxy) is 1. The van der Waals surface area contributed by atoms with Crippen LogP contribution < -0.4 is 15.2 Å². The standard InChI is InChI=1S/C19H18BrClN4O2/c1-25(15-6-2-3-11-22-15)17-16(20)18(26)23-24-19(17)27-12-4-5-13-7-9-14(21)10-8-13/h2-3,6-11H,4-5,12H2,1H3,(H,23,26). The van der Waals surface area contributed by atoms with Crippen LogP contribution in [-0.4, -0.2) is 28.8 Å². The van der Waals surface area contributed by atoms with Gasteiger partial charge in [0.2, 0.25) is 0 Å². The molecule has 0 saturated carbocycles. The van der Waals surface area contributed by atoms with Gasteiger partial charge in [0, 0.05) is 18.3 Å². The minimum Gasteiger partial charge on any atom is -0.475 e. The van der Waals surface area contributed by atoms with Gasteiger partial charge in [0.1, 0.15) is 16.0 Å². The van der Waals surface area contributed by atoms with E-state index in [9.17, 15) is 4.79 Å². The molecule has 8 heteroatoms. The molecule has 0 radical (unpaired) electrons. The minimum atomic E-state index is -0.332. The van der Waals surface area contributed by atoms with Crippen molar-refractivity contribution in [2.24, 2.45) is 0 Å². The summed E-state index contributed by atoms with van der Waals surface area (Å²) in [6.45, 7) is 0.456. The maximum Gasteiger partial charge on any atom is 0.280 e. The molecule has 2 heterocycles. The molecule has 27 heavy (non-hydrogen) atoms. The van der Waals surface area contributed by atoms with E-state index in [2.05, 4.69) is 31.1 Å². The Bertz CT molecular complexity index is 948. The molecular formula is C19H18BrClN4O2. The molecule has 0 aliphatic heterocycles. The van der Waals surface area contributed by atoms with Gasteiger partial charge in [-0.15, -0.1) is 5.10 Å². The molecule has 0 aliphatic carbocycles. The fourth-order valence-corrected chi connectivity index (χ4v) is 3.21.